The average molecular weight is 152 g/mol. The summed E-state index contributed by atoms with van der Waals surface area (Å²) in [6.45, 7) is 3.67. The van der Waals surface area contributed by atoms with E-state index < -0.39 is 0 Å². The third kappa shape index (κ3) is 2.87. The minimum absolute atomic E-state index is 0.182. The summed E-state index contributed by atoms with van der Waals surface area (Å²) in [7, 11) is 0. The summed E-state index contributed by atoms with van der Waals surface area (Å²) in [6, 6.07) is 0. The quantitative estimate of drug-likeness (QED) is 0.568. The van der Waals surface area contributed by atoms with Crippen LogP contribution in [-0.4, -0.2) is 5.78 Å². The Hall–Kier alpha value is -0.590. The van der Waals surface area contributed by atoms with Gasteiger partial charge in [-0.25, -0.2) is 0 Å². The van der Waals surface area contributed by atoms with Crippen LogP contribution in [0.4, 0.5) is 0 Å². The Kier molecular flexibility index (Phi) is 2.86. The van der Waals surface area contributed by atoms with Crippen LogP contribution in [0.5, 0.6) is 0 Å². The Bertz CT molecular complexity index is 175. The van der Waals surface area contributed by atoms with Gasteiger partial charge in [0.05, 0.1) is 0 Å². The van der Waals surface area contributed by atoms with Gasteiger partial charge in [0.15, 0.2) is 5.78 Å². The van der Waals surface area contributed by atoms with Crippen LogP contribution in [0.15, 0.2) is 11.6 Å². The van der Waals surface area contributed by atoms with Gasteiger partial charge in [-0.2, -0.15) is 0 Å². The van der Waals surface area contributed by atoms with Crippen LogP contribution in [0.2, 0.25) is 0 Å². The molecule has 0 bridgehead atoms. The maximum atomic E-state index is 10.7. The molecule has 0 unspecified atom stereocenters. The molecule has 1 nitrogen and oxygen atoms in total. The zero-order valence-electron chi connectivity index (χ0n) is 7.39. The largest absolute Gasteiger partial charge is 0.295 e. The Morgan fingerprint density at radius 2 is 2.09 bits per heavy atom. The normalized spacial score (nSPS) is 19.6. The molecule has 0 aromatic heterocycles. The first-order valence-corrected chi connectivity index (χ1v) is 4.36. The lowest BCUT2D eigenvalue weighted by Crippen LogP contribution is -2.11. The van der Waals surface area contributed by atoms with Gasteiger partial charge in [-0.3, -0.25) is 4.79 Å². The maximum absolute atomic E-state index is 10.7. The van der Waals surface area contributed by atoms with Gasteiger partial charge >= 0.3 is 0 Å². The van der Waals surface area contributed by atoms with Crippen molar-refractivity contribution in [2.24, 2.45) is 5.92 Å². The summed E-state index contributed by atoms with van der Waals surface area (Å²) in [4.78, 5) is 10.7. The molecule has 0 heterocycles. The van der Waals surface area contributed by atoms with Gasteiger partial charge in [0, 0.05) is 0 Å². The summed E-state index contributed by atoms with van der Waals surface area (Å²) in [5.41, 5.74) is 1.25. The van der Waals surface area contributed by atoms with E-state index >= 15 is 0 Å². The van der Waals surface area contributed by atoms with Crippen molar-refractivity contribution in [3.63, 3.8) is 0 Å². The molecule has 0 aromatic rings. The SMILES string of the molecule is CC(=O)/C=C(\C)CC1CCC1. The Morgan fingerprint density at radius 1 is 1.45 bits per heavy atom. The first kappa shape index (κ1) is 8.51. The van der Waals surface area contributed by atoms with Crippen molar-refractivity contribution in [2.45, 2.75) is 39.5 Å². The van der Waals surface area contributed by atoms with Crippen LogP contribution in [0.3, 0.4) is 0 Å². The van der Waals surface area contributed by atoms with Crippen molar-refractivity contribution in [1.29, 1.82) is 0 Å². The van der Waals surface area contributed by atoms with Crippen molar-refractivity contribution >= 4 is 5.78 Å². The molecule has 11 heavy (non-hydrogen) atoms. The molecule has 0 radical (unpaired) electrons. The number of hydrogen-bond acceptors (Lipinski definition) is 1. The number of carbonyl (C=O) groups excluding carboxylic acids is 1. The predicted octanol–water partition coefficient (Wildman–Crippen LogP) is 2.71. The number of ketones is 1. The molecule has 0 atom stereocenters. The standard InChI is InChI=1S/C10H16O/c1-8(6-9(2)11)7-10-4-3-5-10/h6,10H,3-5,7H2,1-2H3/b8-6+. The van der Waals surface area contributed by atoms with E-state index in [0.29, 0.717) is 0 Å². The molecule has 1 fully saturated rings. The molecular weight excluding hydrogens is 136 g/mol. The van der Waals surface area contributed by atoms with Crippen LogP contribution < -0.4 is 0 Å². The summed E-state index contributed by atoms with van der Waals surface area (Å²) >= 11 is 0. The van der Waals surface area contributed by atoms with E-state index in [1.165, 1.54) is 24.8 Å². The summed E-state index contributed by atoms with van der Waals surface area (Å²) < 4.78 is 0. The molecule has 1 rings (SSSR count). The van der Waals surface area contributed by atoms with Gasteiger partial charge in [-0.05, 0) is 32.3 Å². The first-order valence-electron chi connectivity index (χ1n) is 4.36. The molecule has 62 valence electrons. The Balaban J connectivity index is 2.29. The lowest BCUT2D eigenvalue weighted by atomic mass is 9.81. The number of rotatable bonds is 3. The second-order valence-electron chi connectivity index (χ2n) is 3.60. The lowest BCUT2D eigenvalue weighted by Gasteiger charge is -2.25. The highest BCUT2D eigenvalue weighted by atomic mass is 16.1. The highest BCUT2D eigenvalue weighted by Crippen LogP contribution is 2.31. The minimum atomic E-state index is 0.182. The summed E-state index contributed by atoms with van der Waals surface area (Å²) in [6.07, 6.45) is 7.02. The van der Waals surface area contributed by atoms with E-state index in [1.807, 2.05) is 0 Å². The molecular formula is C10H16O. The summed E-state index contributed by atoms with van der Waals surface area (Å²) in [5.74, 6) is 1.06. The van der Waals surface area contributed by atoms with Gasteiger partial charge < -0.3 is 0 Å². The minimum Gasteiger partial charge on any atom is -0.295 e. The third-order valence-electron chi connectivity index (χ3n) is 2.29. The van der Waals surface area contributed by atoms with Crippen molar-refractivity contribution in [3.8, 4) is 0 Å². The zero-order valence-corrected chi connectivity index (χ0v) is 7.39. The van der Waals surface area contributed by atoms with Crippen LogP contribution in [0.25, 0.3) is 0 Å². The highest BCUT2D eigenvalue weighted by Gasteiger charge is 2.17. The Morgan fingerprint density at radius 3 is 2.45 bits per heavy atom. The van der Waals surface area contributed by atoms with Crippen molar-refractivity contribution in [2.75, 3.05) is 0 Å². The molecule has 0 aromatic carbocycles. The van der Waals surface area contributed by atoms with Gasteiger partial charge in [0.25, 0.3) is 0 Å². The molecule has 0 saturated heterocycles. The van der Waals surface area contributed by atoms with Gasteiger partial charge in [-0.15, -0.1) is 0 Å². The fourth-order valence-corrected chi connectivity index (χ4v) is 1.56. The molecule has 1 heteroatoms. The molecule has 0 spiro atoms. The molecule has 1 aliphatic carbocycles. The van der Waals surface area contributed by atoms with Crippen LogP contribution in [-0.2, 0) is 4.79 Å². The van der Waals surface area contributed by atoms with Crippen LogP contribution in [0.1, 0.15) is 39.5 Å². The van der Waals surface area contributed by atoms with Crippen LogP contribution >= 0.6 is 0 Å². The summed E-state index contributed by atoms with van der Waals surface area (Å²) in [5, 5.41) is 0. The molecule has 0 aliphatic heterocycles. The fraction of sp³-hybridized carbons (Fsp3) is 0.700. The monoisotopic (exact) mass is 152 g/mol. The van der Waals surface area contributed by atoms with E-state index in [0.717, 1.165) is 12.3 Å². The molecule has 1 saturated carbocycles. The second kappa shape index (κ2) is 3.70. The zero-order chi connectivity index (χ0) is 8.27. The van der Waals surface area contributed by atoms with Gasteiger partial charge in [0.2, 0.25) is 0 Å². The van der Waals surface area contributed by atoms with Crippen molar-refractivity contribution in [1.82, 2.24) is 0 Å². The molecule has 0 N–H and O–H groups in total. The first-order chi connectivity index (χ1) is 5.18. The molecule has 0 amide bonds. The van der Waals surface area contributed by atoms with E-state index in [2.05, 4.69) is 6.92 Å². The average Bonchev–Trinajstić information content (AvgIpc) is 1.77. The maximum Gasteiger partial charge on any atom is 0.152 e. The van der Waals surface area contributed by atoms with E-state index in [1.54, 1.807) is 13.0 Å². The van der Waals surface area contributed by atoms with Crippen molar-refractivity contribution in [3.05, 3.63) is 11.6 Å². The van der Waals surface area contributed by atoms with Gasteiger partial charge in [0.1, 0.15) is 0 Å². The van der Waals surface area contributed by atoms with E-state index in [-0.39, 0.29) is 5.78 Å². The van der Waals surface area contributed by atoms with Gasteiger partial charge in [-0.1, -0.05) is 24.8 Å². The topological polar surface area (TPSA) is 17.1 Å². The van der Waals surface area contributed by atoms with E-state index in [9.17, 15) is 4.79 Å². The predicted molar refractivity (Wildman–Crippen MR) is 46.4 cm³/mol. The smallest absolute Gasteiger partial charge is 0.152 e. The third-order valence-corrected chi connectivity index (χ3v) is 2.29. The second-order valence-corrected chi connectivity index (χ2v) is 3.60. The van der Waals surface area contributed by atoms with E-state index in [4.69, 9.17) is 0 Å². The number of carbonyl (C=O) groups is 1. The lowest BCUT2D eigenvalue weighted by molar-refractivity contribution is -0.112. The fourth-order valence-electron chi connectivity index (χ4n) is 1.56. The number of hydrogen-bond donors (Lipinski definition) is 0. The highest BCUT2D eigenvalue weighted by molar-refractivity contribution is 5.87. The Labute approximate surface area is 68.5 Å². The van der Waals surface area contributed by atoms with Crippen molar-refractivity contribution < 1.29 is 4.79 Å². The molecule has 1 aliphatic rings. The number of allylic oxidation sites excluding steroid dienone is 2. The van der Waals surface area contributed by atoms with Crippen LogP contribution in [0, 0.1) is 5.92 Å².